The van der Waals surface area contributed by atoms with Crippen molar-refractivity contribution in [3.63, 3.8) is 0 Å². The van der Waals surface area contributed by atoms with Gasteiger partial charge in [-0.05, 0) is 26.3 Å². The van der Waals surface area contributed by atoms with Gasteiger partial charge in [0.1, 0.15) is 11.3 Å². The molecule has 7 nitrogen and oxygen atoms in total. The minimum Gasteiger partial charge on any atom is -0.469 e. The molecule has 0 spiro atoms. The van der Waals surface area contributed by atoms with E-state index in [0.29, 0.717) is 18.7 Å². The lowest BCUT2D eigenvalue weighted by molar-refractivity contribution is -0.136. The monoisotopic (exact) mass is 329 g/mol. The molecule has 1 atom stereocenters. The number of hydrogen-bond acceptors (Lipinski definition) is 6. The average Bonchev–Trinajstić information content (AvgIpc) is 3.03. The predicted molar refractivity (Wildman–Crippen MR) is 78.2 cm³/mol. The molecular weight excluding hydrogens is 310 g/mol. The van der Waals surface area contributed by atoms with E-state index in [9.17, 15) is 18.0 Å². The zero-order valence-electron chi connectivity index (χ0n) is 12.6. The fourth-order valence-electron chi connectivity index (χ4n) is 2.54. The zero-order chi connectivity index (χ0) is 16.3. The molecule has 122 valence electrons. The summed E-state index contributed by atoms with van der Waals surface area (Å²) in [6.07, 6.45) is 1.80. The van der Waals surface area contributed by atoms with Gasteiger partial charge in [-0.25, -0.2) is 13.2 Å². The Morgan fingerprint density at radius 2 is 2.18 bits per heavy atom. The second kappa shape index (κ2) is 6.51. The summed E-state index contributed by atoms with van der Waals surface area (Å²) in [4.78, 5) is 25.4. The number of esters is 1. The molecule has 0 N–H and O–H groups in total. The summed E-state index contributed by atoms with van der Waals surface area (Å²) in [5.74, 6) is -0.530. The van der Waals surface area contributed by atoms with Gasteiger partial charge in [0.15, 0.2) is 16.4 Å². The fraction of sp³-hybridized carbons (Fsp3) is 0.571. The minimum atomic E-state index is -3.07. The molecule has 0 aliphatic carbocycles. The molecule has 1 amide bonds. The number of carbonyl (C=O) groups is 2. The van der Waals surface area contributed by atoms with Gasteiger partial charge >= 0.3 is 5.97 Å². The normalized spacial score (nSPS) is 19.8. The number of nitrogens with zero attached hydrogens (tertiary/aromatic N) is 1. The number of carbonyl (C=O) groups excluding carboxylic acids is 2. The third kappa shape index (κ3) is 3.68. The van der Waals surface area contributed by atoms with Crippen LogP contribution in [0.1, 0.15) is 29.5 Å². The lowest BCUT2D eigenvalue weighted by Gasteiger charge is -2.26. The Labute approximate surface area is 129 Å². The van der Waals surface area contributed by atoms with E-state index in [1.54, 1.807) is 13.8 Å². The summed E-state index contributed by atoms with van der Waals surface area (Å²) < 4.78 is 33.0. The maximum atomic E-state index is 12.2. The standard InChI is InChI=1S/C14H19NO6S/c1-3-15(11-5-7-22(18,19)9-11)13(16)8-21-14(17)12-4-6-20-10(12)2/h4,6,11H,3,5,7-9H2,1-2H3. The molecule has 1 aromatic rings. The van der Waals surface area contributed by atoms with Crippen molar-refractivity contribution in [1.29, 1.82) is 0 Å². The van der Waals surface area contributed by atoms with Crippen LogP contribution in [-0.2, 0) is 19.4 Å². The van der Waals surface area contributed by atoms with E-state index < -0.39 is 22.4 Å². The van der Waals surface area contributed by atoms with E-state index in [1.165, 1.54) is 17.2 Å². The average molecular weight is 329 g/mol. The Morgan fingerprint density at radius 1 is 1.45 bits per heavy atom. The molecule has 0 aromatic carbocycles. The first kappa shape index (κ1) is 16.5. The highest BCUT2D eigenvalue weighted by Gasteiger charge is 2.34. The summed E-state index contributed by atoms with van der Waals surface area (Å²) in [7, 11) is -3.07. The number of sulfone groups is 1. The highest BCUT2D eigenvalue weighted by molar-refractivity contribution is 7.91. The highest BCUT2D eigenvalue weighted by Crippen LogP contribution is 2.18. The molecule has 0 saturated carbocycles. The highest BCUT2D eigenvalue weighted by atomic mass is 32.2. The van der Waals surface area contributed by atoms with E-state index in [0.717, 1.165) is 0 Å². The Bertz CT molecular complexity index is 663. The van der Waals surface area contributed by atoms with Crippen molar-refractivity contribution in [2.24, 2.45) is 0 Å². The first-order valence-electron chi connectivity index (χ1n) is 7.05. The van der Waals surface area contributed by atoms with Crippen LogP contribution in [0.3, 0.4) is 0 Å². The summed E-state index contributed by atoms with van der Waals surface area (Å²) >= 11 is 0. The zero-order valence-corrected chi connectivity index (χ0v) is 13.4. The van der Waals surface area contributed by atoms with E-state index in [4.69, 9.17) is 9.15 Å². The maximum absolute atomic E-state index is 12.2. The maximum Gasteiger partial charge on any atom is 0.342 e. The summed E-state index contributed by atoms with van der Waals surface area (Å²) in [5, 5.41) is 0. The molecule has 2 heterocycles. The van der Waals surface area contributed by atoms with Crippen molar-refractivity contribution in [2.45, 2.75) is 26.3 Å². The topological polar surface area (TPSA) is 93.9 Å². The van der Waals surface area contributed by atoms with Gasteiger partial charge in [0.2, 0.25) is 0 Å². The number of furan rings is 1. The molecule has 1 fully saturated rings. The van der Waals surface area contributed by atoms with Crippen LogP contribution in [0.25, 0.3) is 0 Å². The number of aryl methyl sites for hydroxylation is 1. The second-order valence-electron chi connectivity index (χ2n) is 5.20. The number of rotatable bonds is 5. The molecule has 1 aromatic heterocycles. The Morgan fingerprint density at radius 3 is 2.68 bits per heavy atom. The van der Waals surface area contributed by atoms with Gasteiger partial charge in [-0.3, -0.25) is 4.79 Å². The van der Waals surface area contributed by atoms with Crippen LogP contribution in [0.15, 0.2) is 16.7 Å². The largest absolute Gasteiger partial charge is 0.469 e. The second-order valence-corrected chi connectivity index (χ2v) is 7.43. The Balaban J connectivity index is 1.93. The van der Waals surface area contributed by atoms with Crippen molar-refractivity contribution in [2.75, 3.05) is 24.7 Å². The van der Waals surface area contributed by atoms with Crippen molar-refractivity contribution >= 4 is 21.7 Å². The molecule has 1 aliphatic heterocycles. The molecule has 1 unspecified atom stereocenters. The first-order chi connectivity index (χ1) is 10.3. The lowest BCUT2D eigenvalue weighted by Crippen LogP contribution is -2.43. The molecular formula is C14H19NO6S. The van der Waals surface area contributed by atoms with Crippen molar-refractivity contribution in [1.82, 2.24) is 4.90 Å². The van der Waals surface area contributed by atoms with Gasteiger partial charge in [-0.2, -0.15) is 0 Å². The van der Waals surface area contributed by atoms with Crippen LogP contribution >= 0.6 is 0 Å². The molecule has 2 rings (SSSR count). The summed E-state index contributed by atoms with van der Waals surface area (Å²) in [6.45, 7) is 3.36. The molecule has 0 radical (unpaired) electrons. The van der Waals surface area contributed by atoms with E-state index in [2.05, 4.69) is 0 Å². The number of amides is 1. The molecule has 22 heavy (non-hydrogen) atoms. The lowest BCUT2D eigenvalue weighted by atomic mass is 10.2. The van der Waals surface area contributed by atoms with Crippen molar-refractivity contribution < 1.29 is 27.2 Å². The van der Waals surface area contributed by atoms with Crippen molar-refractivity contribution in [3.8, 4) is 0 Å². The van der Waals surface area contributed by atoms with Crippen molar-refractivity contribution in [3.05, 3.63) is 23.7 Å². The van der Waals surface area contributed by atoms with Gasteiger partial charge in [0, 0.05) is 12.6 Å². The number of ether oxygens (including phenoxy) is 1. The van der Waals surface area contributed by atoms with Crippen LogP contribution < -0.4 is 0 Å². The van der Waals surface area contributed by atoms with E-state index in [-0.39, 0.29) is 29.0 Å². The van der Waals surface area contributed by atoms with Crippen LogP contribution in [0.2, 0.25) is 0 Å². The van der Waals surface area contributed by atoms with Gasteiger partial charge in [-0.15, -0.1) is 0 Å². The summed E-state index contributed by atoms with van der Waals surface area (Å²) in [5.41, 5.74) is 0.277. The SMILES string of the molecule is CCN(C(=O)COC(=O)c1ccoc1C)C1CCS(=O)(=O)C1. The van der Waals surface area contributed by atoms with Gasteiger partial charge < -0.3 is 14.1 Å². The quantitative estimate of drug-likeness (QED) is 0.741. The van der Waals surface area contributed by atoms with Crippen LogP contribution in [0.5, 0.6) is 0 Å². The number of likely N-dealkylation sites (N-methyl/N-ethyl adjacent to an activating group) is 1. The van der Waals surface area contributed by atoms with E-state index in [1.807, 2.05) is 0 Å². The Kier molecular flexibility index (Phi) is 4.90. The third-order valence-electron chi connectivity index (χ3n) is 3.72. The fourth-order valence-corrected chi connectivity index (χ4v) is 4.27. The third-order valence-corrected chi connectivity index (χ3v) is 5.47. The van der Waals surface area contributed by atoms with E-state index >= 15 is 0 Å². The molecule has 0 bridgehead atoms. The number of hydrogen-bond donors (Lipinski definition) is 0. The minimum absolute atomic E-state index is 0.0264. The van der Waals surface area contributed by atoms with Gasteiger partial charge in [0.05, 0.1) is 17.8 Å². The molecule has 1 saturated heterocycles. The van der Waals surface area contributed by atoms with Crippen LogP contribution in [-0.4, -0.2) is 55.9 Å². The summed E-state index contributed by atoms with van der Waals surface area (Å²) in [6, 6.07) is 1.14. The first-order valence-corrected chi connectivity index (χ1v) is 8.87. The Hall–Kier alpha value is -1.83. The van der Waals surface area contributed by atoms with Crippen LogP contribution in [0.4, 0.5) is 0 Å². The van der Waals surface area contributed by atoms with Crippen LogP contribution in [0, 0.1) is 6.92 Å². The predicted octanol–water partition coefficient (Wildman–Crippen LogP) is 0.780. The molecule has 8 heteroatoms. The molecule has 1 aliphatic rings. The smallest absolute Gasteiger partial charge is 0.342 e. The van der Waals surface area contributed by atoms with Gasteiger partial charge in [0.25, 0.3) is 5.91 Å². The van der Waals surface area contributed by atoms with Gasteiger partial charge in [-0.1, -0.05) is 0 Å².